The van der Waals surface area contributed by atoms with Crippen LogP contribution in [0.4, 0.5) is 0 Å². The van der Waals surface area contributed by atoms with Gasteiger partial charge in [0.2, 0.25) is 0 Å². The van der Waals surface area contributed by atoms with E-state index < -0.39 is 0 Å². The molecular formula is C15H18O3. The summed E-state index contributed by atoms with van der Waals surface area (Å²) in [4.78, 5) is 23.3. The molecule has 2 fully saturated rings. The first-order valence-corrected chi connectivity index (χ1v) is 6.51. The maximum atomic E-state index is 11.8. The van der Waals surface area contributed by atoms with Gasteiger partial charge in [-0.25, -0.2) is 4.79 Å². The molecule has 0 aromatic rings. The van der Waals surface area contributed by atoms with Gasteiger partial charge in [-0.3, -0.25) is 4.79 Å². The summed E-state index contributed by atoms with van der Waals surface area (Å²) in [5, 5.41) is 0. The van der Waals surface area contributed by atoms with E-state index >= 15 is 0 Å². The van der Waals surface area contributed by atoms with Gasteiger partial charge in [0.25, 0.3) is 0 Å². The van der Waals surface area contributed by atoms with E-state index in [0.29, 0.717) is 17.9 Å². The van der Waals surface area contributed by atoms with E-state index in [4.69, 9.17) is 4.74 Å². The highest BCUT2D eigenvalue weighted by Crippen LogP contribution is 2.54. The Morgan fingerprint density at radius 3 is 2.89 bits per heavy atom. The first kappa shape index (κ1) is 11.7. The second-order valence-electron chi connectivity index (χ2n) is 6.25. The van der Waals surface area contributed by atoms with Crippen molar-refractivity contribution in [2.75, 3.05) is 0 Å². The lowest BCUT2D eigenvalue weighted by Gasteiger charge is -2.47. The zero-order valence-electron chi connectivity index (χ0n) is 10.9. The molecule has 0 bridgehead atoms. The monoisotopic (exact) mass is 246 g/mol. The topological polar surface area (TPSA) is 43.4 Å². The van der Waals surface area contributed by atoms with Crippen molar-refractivity contribution in [3.8, 4) is 0 Å². The molecule has 1 saturated carbocycles. The molecule has 0 amide bonds. The number of allylic oxidation sites excluding steroid dienone is 2. The first-order valence-electron chi connectivity index (χ1n) is 6.51. The molecule has 0 radical (unpaired) electrons. The van der Waals surface area contributed by atoms with Gasteiger partial charge < -0.3 is 4.74 Å². The van der Waals surface area contributed by atoms with Gasteiger partial charge in [-0.15, -0.1) is 0 Å². The van der Waals surface area contributed by atoms with Crippen LogP contribution in [0.2, 0.25) is 0 Å². The minimum atomic E-state index is -0.250. The number of carbonyl (C=O) groups is 2. The Balaban J connectivity index is 1.96. The third kappa shape index (κ3) is 1.49. The molecule has 96 valence electrons. The first-order chi connectivity index (χ1) is 8.40. The van der Waals surface area contributed by atoms with E-state index in [0.717, 1.165) is 18.4 Å². The molecule has 3 rings (SSSR count). The van der Waals surface area contributed by atoms with Crippen LogP contribution >= 0.6 is 0 Å². The van der Waals surface area contributed by atoms with E-state index in [1.807, 2.05) is 6.92 Å². The number of esters is 1. The molecule has 0 aromatic carbocycles. The Morgan fingerprint density at radius 2 is 2.17 bits per heavy atom. The summed E-state index contributed by atoms with van der Waals surface area (Å²) in [5.74, 6) is 0.475. The summed E-state index contributed by atoms with van der Waals surface area (Å²) in [6.07, 6.45) is 3.95. The Hall–Kier alpha value is -1.38. The van der Waals surface area contributed by atoms with E-state index in [9.17, 15) is 9.59 Å². The van der Waals surface area contributed by atoms with Crippen molar-refractivity contribution < 1.29 is 14.3 Å². The maximum Gasteiger partial charge on any atom is 0.334 e. The molecule has 0 unspecified atom stereocenters. The molecule has 3 nitrogen and oxygen atoms in total. The predicted octanol–water partition coefficient (Wildman–Crippen LogP) is 2.42. The lowest BCUT2D eigenvalue weighted by Crippen LogP contribution is -2.44. The molecular weight excluding hydrogens is 228 g/mol. The van der Waals surface area contributed by atoms with Crippen LogP contribution in [-0.2, 0) is 14.3 Å². The minimum Gasteiger partial charge on any atom is -0.458 e. The minimum absolute atomic E-state index is 0.0536. The number of carbonyl (C=O) groups excluding carboxylic acids is 2. The molecule has 18 heavy (non-hydrogen) atoms. The zero-order chi connectivity index (χ0) is 13.1. The second-order valence-corrected chi connectivity index (χ2v) is 6.25. The van der Waals surface area contributed by atoms with Crippen molar-refractivity contribution in [3.63, 3.8) is 0 Å². The van der Waals surface area contributed by atoms with Crippen LogP contribution in [0.25, 0.3) is 0 Å². The molecule has 1 saturated heterocycles. The summed E-state index contributed by atoms with van der Waals surface area (Å²) in [5.41, 5.74) is 1.72. The van der Waals surface area contributed by atoms with Crippen LogP contribution in [0.1, 0.15) is 33.1 Å². The fourth-order valence-electron chi connectivity index (χ4n) is 4.02. The number of ketones is 1. The maximum absolute atomic E-state index is 11.8. The highest BCUT2D eigenvalue weighted by Gasteiger charge is 2.53. The number of hydrogen-bond donors (Lipinski definition) is 0. The predicted molar refractivity (Wildman–Crippen MR) is 66.7 cm³/mol. The molecule has 1 aliphatic heterocycles. The van der Waals surface area contributed by atoms with Gasteiger partial charge in [-0.1, -0.05) is 19.1 Å². The molecule has 0 aromatic heterocycles. The third-order valence-corrected chi connectivity index (χ3v) is 4.93. The van der Waals surface area contributed by atoms with Gasteiger partial charge in [0.15, 0.2) is 5.78 Å². The van der Waals surface area contributed by atoms with Crippen molar-refractivity contribution >= 4 is 11.8 Å². The number of ether oxygens (including phenoxy) is 1. The van der Waals surface area contributed by atoms with Crippen molar-refractivity contribution in [2.24, 2.45) is 17.3 Å². The molecule has 3 aliphatic rings. The average Bonchev–Trinajstić information content (AvgIpc) is 2.50. The summed E-state index contributed by atoms with van der Waals surface area (Å²) < 4.78 is 5.39. The van der Waals surface area contributed by atoms with Crippen LogP contribution in [0.3, 0.4) is 0 Å². The van der Waals surface area contributed by atoms with Crippen LogP contribution < -0.4 is 0 Å². The average molecular weight is 246 g/mol. The Labute approximate surface area is 107 Å². The van der Waals surface area contributed by atoms with Crippen molar-refractivity contribution in [1.29, 1.82) is 0 Å². The van der Waals surface area contributed by atoms with E-state index in [-0.39, 0.29) is 29.2 Å². The molecule has 0 spiro atoms. The largest absolute Gasteiger partial charge is 0.458 e. The summed E-state index contributed by atoms with van der Waals surface area (Å²) in [7, 11) is 0. The van der Waals surface area contributed by atoms with Gasteiger partial charge in [0.05, 0.1) is 0 Å². The van der Waals surface area contributed by atoms with E-state index in [1.54, 1.807) is 6.08 Å². The van der Waals surface area contributed by atoms with Gasteiger partial charge in [-0.05, 0) is 37.2 Å². The lowest BCUT2D eigenvalue weighted by atomic mass is 9.57. The van der Waals surface area contributed by atoms with Crippen LogP contribution in [0.15, 0.2) is 23.8 Å². The van der Waals surface area contributed by atoms with E-state index in [2.05, 4.69) is 13.5 Å². The van der Waals surface area contributed by atoms with Gasteiger partial charge in [0, 0.05) is 17.9 Å². The van der Waals surface area contributed by atoms with Crippen molar-refractivity contribution in [3.05, 3.63) is 23.8 Å². The van der Waals surface area contributed by atoms with Gasteiger partial charge >= 0.3 is 5.97 Å². The summed E-state index contributed by atoms with van der Waals surface area (Å²) >= 11 is 0. The molecule has 2 aliphatic carbocycles. The quantitative estimate of drug-likeness (QED) is 0.487. The molecule has 4 atom stereocenters. The number of fused-ring (bicyclic) bond motifs is 2. The second kappa shape index (κ2) is 3.56. The van der Waals surface area contributed by atoms with Crippen LogP contribution in [0, 0.1) is 17.3 Å². The fraction of sp³-hybridized carbons (Fsp3) is 0.600. The van der Waals surface area contributed by atoms with E-state index in [1.165, 1.54) is 0 Å². The number of hydrogen-bond acceptors (Lipinski definition) is 3. The smallest absolute Gasteiger partial charge is 0.334 e. The Bertz CT molecular complexity index is 488. The van der Waals surface area contributed by atoms with Crippen LogP contribution in [0.5, 0.6) is 0 Å². The highest BCUT2D eigenvalue weighted by molar-refractivity contribution is 5.93. The standard InChI is InChI=1S/C15H18O3/c1-8-4-10(16)6-15(3)7-13-11(5-12(8)15)9(2)14(17)18-13/h4,11-13H,2,5-7H2,1,3H3/t11-,12-,13+,15+/m0/s1. The molecule has 3 heteroatoms. The third-order valence-electron chi connectivity index (χ3n) is 4.93. The summed E-state index contributed by atoms with van der Waals surface area (Å²) in [6.45, 7) is 8.04. The molecule has 0 N–H and O–H groups in total. The Kier molecular flexibility index (Phi) is 2.31. The Morgan fingerprint density at radius 1 is 1.44 bits per heavy atom. The highest BCUT2D eigenvalue weighted by atomic mass is 16.6. The van der Waals surface area contributed by atoms with Gasteiger partial charge in [-0.2, -0.15) is 0 Å². The molecule has 1 heterocycles. The zero-order valence-corrected chi connectivity index (χ0v) is 10.9. The normalized spacial score (nSPS) is 43.1. The van der Waals surface area contributed by atoms with Crippen LogP contribution in [-0.4, -0.2) is 17.9 Å². The fourth-order valence-corrected chi connectivity index (χ4v) is 4.02. The summed E-state index contributed by atoms with van der Waals surface area (Å²) in [6, 6.07) is 0. The van der Waals surface area contributed by atoms with Gasteiger partial charge in [0.1, 0.15) is 6.10 Å². The van der Waals surface area contributed by atoms with Crippen molar-refractivity contribution in [2.45, 2.75) is 39.2 Å². The SMILES string of the molecule is C=C1C(=O)O[C@@H]2C[C@@]3(C)CC(=O)C=C(C)[C@@H]3C[C@@H]12. The van der Waals surface area contributed by atoms with Crippen molar-refractivity contribution in [1.82, 2.24) is 0 Å². The lowest BCUT2D eigenvalue weighted by molar-refractivity contribution is -0.142. The number of rotatable bonds is 0.